The maximum atomic E-state index is 3.50. The molecule has 0 amide bonds. The third-order valence-electron chi connectivity index (χ3n) is 2.87. The van der Waals surface area contributed by atoms with Gasteiger partial charge in [-0.25, -0.2) is 0 Å². The van der Waals surface area contributed by atoms with Crippen molar-refractivity contribution < 1.29 is 0 Å². The summed E-state index contributed by atoms with van der Waals surface area (Å²) in [4.78, 5) is 2.42. The van der Waals surface area contributed by atoms with Crippen LogP contribution in [0.4, 0.5) is 0 Å². The molecule has 1 unspecified atom stereocenters. The van der Waals surface area contributed by atoms with E-state index >= 15 is 0 Å². The maximum absolute atomic E-state index is 3.50. The summed E-state index contributed by atoms with van der Waals surface area (Å²) in [6, 6.07) is 0. The van der Waals surface area contributed by atoms with Crippen LogP contribution >= 0.6 is 0 Å². The lowest BCUT2D eigenvalue weighted by Crippen LogP contribution is -2.46. The largest absolute Gasteiger partial charge is 0.313 e. The minimum atomic E-state index is 0.406. The van der Waals surface area contributed by atoms with Crippen LogP contribution in [0.25, 0.3) is 0 Å². The first-order valence-corrected chi connectivity index (χ1v) is 4.95. The Morgan fingerprint density at radius 1 is 1.50 bits per heavy atom. The van der Waals surface area contributed by atoms with Gasteiger partial charge >= 0.3 is 0 Å². The van der Waals surface area contributed by atoms with Gasteiger partial charge < -0.3 is 10.2 Å². The molecule has 2 heteroatoms. The van der Waals surface area contributed by atoms with E-state index < -0.39 is 0 Å². The second kappa shape index (κ2) is 3.75. The predicted molar refractivity (Wildman–Crippen MR) is 53.4 cm³/mol. The first-order chi connectivity index (χ1) is 5.58. The van der Waals surface area contributed by atoms with Gasteiger partial charge in [0.1, 0.15) is 0 Å². The first-order valence-electron chi connectivity index (χ1n) is 4.95. The van der Waals surface area contributed by atoms with Crippen molar-refractivity contribution in [1.29, 1.82) is 0 Å². The molecule has 1 rings (SSSR count). The van der Waals surface area contributed by atoms with Crippen LogP contribution in [0.5, 0.6) is 0 Å². The molecule has 1 fully saturated rings. The fourth-order valence-electron chi connectivity index (χ4n) is 2.33. The van der Waals surface area contributed by atoms with E-state index in [1.165, 1.54) is 25.9 Å². The highest BCUT2D eigenvalue weighted by Crippen LogP contribution is 2.26. The van der Waals surface area contributed by atoms with Crippen LogP contribution in [0.1, 0.15) is 26.7 Å². The molecular formula is C10H22N2. The highest BCUT2D eigenvalue weighted by molar-refractivity contribution is 4.95. The van der Waals surface area contributed by atoms with Crippen molar-refractivity contribution in [2.24, 2.45) is 5.92 Å². The molecule has 0 bridgehead atoms. The first kappa shape index (κ1) is 10.0. The van der Waals surface area contributed by atoms with Crippen LogP contribution < -0.4 is 5.32 Å². The van der Waals surface area contributed by atoms with Gasteiger partial charge in [0, 0.05) is 12.1 Å². The molecule has 72 valence electrons. The number of hydrogen-bond acceptors (Lipinski definition) is 2. The summed E-state index contributed by atoms with van der Waals surface area (Å²) >= 11 is 0. The van der Waals surface area contributed by atoms with Crippen LogP contribution in [0.15, 0.2) is 0 Å². The van der Waals surface area contributed by atoms with Gasteiger partial charge in [0.15, 0.2) is 0 Å². The topological polar surface area (TPSA) is 15.3 Å². The summed E-state index contributed by atoms with van der Waals surface area (Å²) in [6.07, 6.45) is 2.60. The van der Waals surface area contributed by atoms with E-state index in [0.717, 1.165) is 5.92 Å². The highest BCUT2D eigenvalue weighted by Gasteiger charge is 2.35. The standard InChI is InChI=1S/C10H22N2/c1-9(2)7-10(11-3)5-6-12(4)8-10/h9,11H,5-8H2,1-4H3. The minimum absolute atomic E-state index is 0.406. The molecule has 1 N–H and O–H groups in total. The monoisotopic (exact) mass is 170 g/mol. The number of rotatable bonds is 3. The zero-order valence-corrected chi connectivity index (χ0v) is 8.85. The van der Waals surface area contributed by atoms with Gasteiger partial charge in [-0.1, -0.05) is 13.8 Å². The van der Waals surface area contributed by atoms with Crippen molar-refractivity contribution >= 4 is 0 Å². The predicted octanol–water partition coefficient (Wildman–Crippen LogP) is 1.33. The number of likely N-dealkylation sites (N-methyl/N-ethyl adjacent to an activating group) is 2. The molecule has 1 atom stereocenters. The van der Waals surface area contributed by atoms with E-state index in [0.29, 0.717) is 5.54 Å². The van der Waals surface area contributed by atoms with Gasteiger partial charge in [0.05, 0.1) is 0 Å². The van der Waals surface area contributed by atoms with Gasteiger partial charge in [-0.15, -0.1) is 0 Å². The molecule has 1 heterocycles. The lowest BCUT2D eigenvalue weighted by Gasteiger charge is -2.30. The summed E-state index contributed by atoms with van der Waals surface area (Å²) in [5.74, 6) is 0.795. The van der Waals surface area contributed by atoms with E-state index in [4.69, 9.17) is 0 Å². The second-order valence-electron chi connectivity index (χ2n) is 4.62. The fraction of sp³-hybridized carbons (Fsp3) is 1.00. The van der Waals surface area contributed by atoms with Crippen LogP contribution in [-0.2, 0) is 0 Å². The molecule has 0 aromatic heterocycles. The molecule has 1 saturated heterocycles. The third kappa shape index (κ3) is 2.20. The average Bonchev–Trinajstić information content (AvgIpc) is 2.32. The Labute approximate surface area is 76.3 Å². The minimum Gasteiger partial charge on any atom is -0.313 e. The number of likely N-dealkylation sites (tertiary alicyclic amines) is 1. The van der Waals surface area contributed by atoms with Gasteiger partial charge in [-0.3, -0.25) is 0 Å². The lowest BCUT2D eigenvalue weighted by molar-refractivity contribution is 0.280. The highest BCUT2D eigenvalue weighted by atomic mass is 15.2. The van der Waals surface area contributed by atoms with Crippen LogP contribution in [0.2, 0.25) is 0 Å². The van der Waals surface area contributed by atoms with Gasteiger partial charge in [0.2, 0.25) is 0 Å². The zero-order chi connectivity index (χ0) is 9.19. The maximum Gasteiger partial charge on any atom is 0.0320 e. The Kier molecular flexibility index (Phi) is 3.13. The molecule has 0 spiro atoms. The van der Waals surface area contributed by atoms with Crippen molar-refractivity contribution in [2.45, 2.75) is 32.2 Å². The molecule has 0 aromatic carbocycles. The third-order valence-corrected chi connectivity index (χ3v) is 2.87. The smallest absolute Gasteiger partial charge is 0.0320 e. The molecule has 0 aromatic rings. The zero-order valence-electron chi connectivity index (χ0n) is 8.85. The molecule has 1 aliphatic rings. The van der Waals surface area contributed by atoms with Gasteiger partial charge in [-0.05, 0) is 39.4 Å². The van der Waals surface area contributed by atoms with Gasteiger partial charge in [-0.2, -0.15) is 0 Å². The number of hydrogen-bond donors (Lipinski definition) is 1. The molecule has 0 saturated carbocycles. The van der Waals surface area contributed by atoms with E-state index in [-0.39, 0.29) is 0 Å². The van der Waals surface area contributed by atoms with Gasteiger partial charge in [0.25, 0.3) is 0 Å². The van der Waals surface area contributed by atoms with E-state index in [1.54, 1.807) is 0 Å². The molecule has 0 aliphatic carbocycles. The second-order valence-corrected chi connectivity index (χ2v) is 4.62. The van der Waals surface area contributed by atoms with Crippen LogP contribution in [0, 0.1) is 5.92 Å². The van der Waals surface area contributed by atoms with E-state index in [2.05, 4.69) is 38.2 Å². The Morgan fingerprint density at radius 2 is 2.17 bits per heavy atom. The van der Waals surface area contributed by atoms with E-state index in [9.17, 15) is 0 Å². The van der Waals surface area contributed by atoms with Crippen molar-refractivity contribution in [3.8, 4) is 0 Å². The van der Waals surface area contributed by atoms with Crippen molar-refractivity contribution in [3.05, 3.63) is 0 Å². The molecule has 0 radical (unpaired) electrons. The molecule has 1 aliphatic heterocycles. The Bertz CT molecular complexity index is 145. The molecule has 2 nitrogen and oxygen atoms in total. The lowest BCUT2D eigenvalue weighted by atomic mass is 9.88. The van der Waals surface area contributed by atoms with Crippen LogP contribution in [0.3, 0.4) is 0 Å². The average molecular weight is 170 g/mol. The number of nitrogens with one attached hydrogen (secondary N) is 1. The van der Waals surface area contributed by atoms with E-state index in [1.807, 2.05) is 0 Å². The molecule has 12 heavy (non-hydrogen) atoms. The normalized spacial score (nSPS) is 31.8. The Morgan fingerprint density at radius 3 is 2.50 bits per heavy atom. The Balaban J connectivity index is 2.52. The Hall–Kier alpha value is -0.0800. The quantitative estimate of drug-likeness (QED) is 0.687. The fourth-order valence-corrected chi connectivity index (χ4v) is 2.33. The van der Waals surface area contributed by atoms with Crippen LogP contribution in [-0.4, -0.2) is 37.6 Å². The van der Waals surface area contributed by atoms with Crippen molar-refractivity contribution in [3.63, 3.8) is 0 Å². The summed E-state index contributed by atoms with van der Waals surface area (Å²) in [6.45, 7) is 7.06. The summed E-state index contributed by atoms with van der Waals surface area (Å²) in [5, 5.41) is 3.50. The summed E-state index contributed by atoms with van der Waals surface area (Å²) < 4.78 is 0. The molecular weight excluding hydrogens is 148 g/mol. The van der Waals surface area contributed by atoms with Crippen molar-refractivity contribution in [2.75, 3.05) is 27.2 Å². The summed E-state index contributed by atoms with van der Waals surface area (Å²) in [5.41, 5.74) is 0.406. The summed E-state index contributed by atoms with van der Waals surface area (Å²) in [7, 11) is 4.31. The number of nitrogens with zero attached hydrogens (tertiary/aromatic N) is 1. The van der Waals surface area contributed by atoms with Crippen molar-refractivity contribution in [1.82, 2.24) is 10.2 Å². The SMILES string of the molecule is CNC1(CC(C)C)CCN(C)C1.